The van der Waals surface area contributed by atoms with Gasteiger partial charge in [-0.2, -0.15) is 18.0 Å². The number of hydrogen-bond donors (Lipinski definition) is 2. The summed E-state index contributed by atoms with van der Waals surface area (Å²) in [6.45, 7) is 8.48. The van der Waals surface area contributed by atoms with Crippen LogP contribution in [-0.4, -0.2) is 71.5 Å². The number of aliphatic imine (C=N–C) groups is 1. The molecule has 0 saturated heterocycles. The Bertz CT molecular complexity index is 1350. The number of nitrogens with two attached hydrogens (primary N) is 1. The van der Waals surface area contributed by atoms with Crippen LogP contribution in [0.5, 0.6) is 11.5 Å². The first-order valence-electron chi connectivity index (χ1n) is 12.8. The van der Waals surface area contributed by atoms with Crippen molar-refractivity contribution in [3.05, 3.63) is 40.5 Å². The Labute approximate surface area is 225 Å². The maximum atomic E-state index is 14.1. The van der Waals surface area contributed by atoms with Crippen molar-refractivity contribution in [2.24, 2.45) is 4.99 Å². The fourth-order valence-corrected chi connectivity index (χ4v) is 5.11. The third-order valence-corrected chi connectivity index (χ3v) is 6.81. The fraction of sp³-hybridized carbons (Fsp3) is 0.464. The van der Waals surface area contributed by atoms with Gasteiger partial charge in [-0.15, -0.1) is 4.58 Å². The summed E-state index contributed by atoms with van der Waals surface area (Å²) in [5.41, 5.74) is 6.46. The van der Waals surface area contributed by atoms with Crippen molar-refractivity contribution in [1.29, 1.82) is 0 Å². The Morgan fingerprint density at radius 2 is 2.03 bits per heavy atom. The number of hydrogen-bond acceptors (Lipinski definition) is 7. The standard InChI is InChI=1S/C28H33F3N4O4/c1-6-17-22(23-20(28(29,30)31)8-7-9-21(23)36)18(12-33-5)24(32)19-14-34-10-11-35(26(37)39-27(2,3)4)13-16(34)15-38-25(17)19/h7-9,11-12,16H,6,10,13-15H2,1-5H3,(H2-,32,33,36)/p+1/t16-/m1/s1. The Morgan fingerprint density at radius 1 is 1.31 bits per heavy atom. The molecule has 0 saturated carbocycles. The Kier molecular flexibility index (Phi) is 7.66. The van der Waals surface area contributed by atoms with E-state index in [-0.39, 0.29) is 29.5 Å². The molecule has 0 radical (unpaired) electrons. The summed E-state index contributed by atoms with van der Waals surface area (Å²) in [5.74, 6) is -0.119. The summed E-state index contributed by atoms with van der Waals surface area (Å²) in [6.07, 6.45) is -1.68. The van der Waals surface area contributed by atoms with Crippen LogP contribution in [0, 0.1) is 0 Å². The fourth-order valence-electron chi connectivity index (χ4n) is 5.11. The van der Waals surface area contributed by atoms with Gasteiger partial charge in [-0.25, -0.2) is 0 Å². The summed E-state index contributed by atoms with van der Waals surface area (Å²) < 4.78 is 55.7. The summed E-state index contributed by atoms with van der Waals surface area (Å²) in [4.78, 5) is 18.9. The van der Waals surface area contributed by atoms with Gasteiger partial charge >= 0.3 is 12.3 Å². The van der Waals surface area contributed by atoms with E-state index in [1.807, 2.05) is 6.92 Å². The van der Waals surface area contributed by atoms with Crippen LogP contribution in [-0.2, 0) is 23.9 Å². The molecule has 0 spiro atoms. The van der Waals surface area contributed by atoms with Gasteiger partial charge in [0.05, 0.1) is 12.1 Å². The number of carbonyl (C=O) groups excluding carboxylic acids is 1. The monoisotopic (exact) mass is 547 g/mol. The average Bonchev–Trinajstić information content (AvgIpc) is 3.03. The molecule has 0 fully saturated rings. The second kappa shape index (κ2) is 10.5. The molecule has 39 heavy (non-hydrogen) atoms. The molecule has 0 aliphatic carbocycles. The first-order chi connectivity index (χ1) is 18.3. The molecule has 3 N–H and O–H groups in total. The molecule has 210 valence electrons. The number of alkyl halides is 3. The van der Waals surface area contributed by atoms with Crippen molar-refractivity contribution < 1.29 is 37.1 Å². The summed E-state index contributed by atoms with van der Waals surface area (Å²) in [5, 5.41) is 10.7. The number of benzene rings is 2. The molecule has 2 aliphatic rings. The van der Waals surface area contributed by atoms with Crippen LogP contribution in [0.1, 0.15) is 49.9 Å². The van der Waals surface area contributed by atoms with Crippen molar-refractivity contribution in [2.45, 2.75) is 58.5 Å². The molecule has 1 atom stereocenters. The second-order valence-corrected chi connectivity index (χ2v) is 10.6. The molecule has 0 aromatic heterocycles. The number of nitrogens with zero attached hydrogens (tertiary/aromatic N) is 3. The quantitative estimate of drug-likeness (QED) is 0.323. The average molecular weight is 548 g/mol. The zero-order chi connectivity index (χ0) is 28.7. The third-order valence-electron chi connectivity index (χ3n) is 6.81. The lowest BCUT2D eigenvalue weighted by atomic mass is 9.85. The number of phenolic OH excluding ortho intramolecular Hbond substituents is 1. The van der Waals surface area contributed by atoms with Crippen molar-refractivity contribution in [1.82, 2.24) is 4.90 Å². The van der Waals surface area contributed by atoms with Crippen molar-refractivity contribution in [3.8, 4) is 22.6 Å². The van der Waals surface area contributed by atoms with Crippen LogP contribution in [0.25, 0.3) is 11.1 Å². The van der Waals surface area contributed by atoms with Gasteiger partial charge in [0.1, 0.15) is 29.7 Å². The first-order valence-corrected chi connectivity index (χ1v) is 12.8. The molecule has 2 aliphatic heterocycles. The molecule has 2 aromatic carbocycles. The highest BCUT2D eigenvalue weighted by Crippen LogP contribution is 2.49. The number of aromatic hydroxyl groups is 1. The molecule has 2 aromatic rings. The lowest BCUT2D eigenvalue weighted by Gasteiger charge is -2.29. The summed E-state index contributed by atoms with van der Waals surface area (Å²) in [7, 11) is 1.51. The molecule has 2 heterocycles. The Morgan fingerprint density at radius 3 is 2.64 bits per heavy atom. The van der Waals surface area contributed by atoms with Gasteiger partial charge < -0.3 is 20.3 Å². The maximum Gasteiger partial charge on any atom is 0.596 e. The predicted octanol–water partition coefficient (Wildman–Crippen LogP) is 4.87. The lowest BCUT2D eigenvalue weighted by molar-refractivity contribution is -0.461. The van der Waals surface area contributed by atoms with Crippen molar-refractivity contribution >= 4 is 24.2 Å². The van der Waals surface area contributed by atoms with Gasteiger partial charge in [0.25, 0.3) is 0 Å². The molecule has 0 unspecified atom stereocenters. The number of amides is 1. The van der Waals surface area contributed by atoms with Crippen LogP contribution in [0.3, 0.4) is 0 Å². The van der Waals surface area contributed by atoms with Gasteiger partial charge in [-0.05, 0) is 39.3 Å². The third kappa shape index (κ3) is 5.59. The number of anilines is 1. The second-order valence-electron chi connectivity index (χ2n) is 10.6. The summed E-state index contributed by atoms with van der Waals surface area (Å²) >= 11 is 0. The number of halogens is 3. The predicted molar refractivity (Wildman–Crippen MR) is 143 cm³/mol. The molecule has 8 nitrogen and oxygen atoms in total. The molecule has 1 amide bonds. The largest absolute Gasteiger partial charge is 0.596 e. The van der Waals surface area contributed by atoms with E-state index in [9.17, 15) is 23.1 Å². The van der Waals surface area contributed by atoms with Crippen molar-refractivity contribution in [3.63, 3.8) is 0 Å². The van der Waals surface area contributed by atoms with E-state index in [1.54, 1.807) is 27.0 Å². The number of ether oxygens (including phenoxy) is 2. The minimum Gasteiger partial charge on any atom is -0.507 e. The van der Waals surface area contributed by atoms with Crippen LogP contribution in [0.4, 0.5) is 23.7 Å². The van der Waals surface area contributed by atoms with E-state index in [0.717, 1.165) is 12.1 Å². The highest BCUT2D eigenvalue weighted by Gasteiger charge is 2.40. The number of nitrogen functional groups attached to an aromatic ring is 1. The minimum absolute atomic E-state index is 0.145. The van der Waals surface area contributed by atoms with Gasteiger partial charge in [-0.3, -0.25) is 9.89 Å². The first kappa shape index (κ1) is 28.4. The number of carbonyl (C=O) groups is 1. The van der Waals surface area contributed by atoms with E-state index in [0.29, 0.717) is 48.5 Å². The van der Waals surface area contributed by atoms with E-state index >= 15 is 0 Å². The van der Waals surface area contributed by atoms with Crippen LogP contribution < -0.4 is 10.5 Å². The van der Waals surface area contributed by atoms with Crippen LogP contribution >= 0.6 is 0 Å². The number of phenols is 1. The van der Waals surface area contributed by atoms with Crippen LogP contribution in [0.15, 0.2) is 23.2 Å². The van der Waals surface area contributed by atoms with Crippen molar-refractivity contribution in [2.75, 3.05) is 32.5 Å². The SMILES string of the molecule is CCc1c2c(c(N)c(C=NC)c1-c1c(O)cccc1C(F)(F)F)CN1CC=[N+](C(=O)OC(C)(C)C)C[C@@H]1CO2. The molecular formula is C28H34F3N4O4+. The van der Waals surface area contributed by atoms with E-state index in [4.69, 9.17) is 15.2 Å². The zero-order valence-electron chi connectivity index (χ0n) is 22.7. The van der Waals surface area contributed by atoms with Crippen LogP contribution in [0.2, 0.25) is 0 Å². The van der Waals surface area contributed by atoms with Gasteiger partial charge in [0.2, 0.25) is 0 Å². The number of fused-ring (bicyclic) bond motifs is 2. The number of rotatable bonds is 3. The highest BCUT2D eigenvalue weighted by molar-refractivity contribution is 6.01. The van der Waals surface area contributed by atoms with Gasteiger partial charge in [0.15, 0.2) is 12.8 Å². The minimum atomic E-state index is -4.72. The Hall–Kier alpha value is -3.60. The van der Waals surface area contributed by atoms with Gasteiger partial charge in [0, 0.05) is 53.3 Å². The topological polar surface area (TPSA) is 100 Å². The lowest BCUT2D eigenvalue weighted by Crippen LogP contribution is -2.51. The molecule has 11 heteroatoms. The van der Waals surface area contributed by atoms with E-state index < -0.39 is 29.2 Å². The van der Waals surface area contributed by atoms with Gasteiger partial charge in [-0.1, -0.05) is 13.0 Å². The molecule has 0 bridgehead atoms. The summed E-state index contributed by atoms with van der Waals surface area (Å²) in [6, 6.07) is 3.11. The normalized spacial score (nSPS) is 18.2. The van der Waals surface area contributed by atoms with E-state index in [2.05, 4.69) is 9.89 Å². The molecule has 4 rings (SSSR count). The molecular weight excluding hydrogens is 513 g/mol. The Balaban J connectivity index is 1.85. The highest BCUT2D eigenvalue weighted by atomic mass is 19.4. The smallest absolute Gasteiger partial charge is 0.507 e. The van der Waals surface area contributed by atoms with E-state index in [1.165, 1.54) is 23.9 Å². The maximum absolute atomic E-state index is 14.1. The zero-order valence-corrected chi connectivity index (χ0v) is 22.7.